The van der Waals surface area contributed by atoms with Gasteiger partial charge in [0.15, 0.2) is 0 Å². The molecule has 1 aromatic rings. The summed E-state index contributed by atoms with van der Waals surface area (Å²) in [6.45, 7) is 5.82. The smallest absolute Gasteiger partial charge is 0.241 e. The summed E-state index contributed by atoms with van der Waals surface area (Å²) in [5.41, 5.74) is 0.573. The summed E-state index contributed by atoms with van der Waals surface area (Å²) in [5.74, 6) is 0.310. The zero-order valence-corrected chi connectivity index (χ0v) is 14.5. The van der Waals surface area contributed by atoms with Crippen LogP contribution >= 0.6 is 15.9 Å². The molecule has 0 aliphatic rings. The fourth-order valence-electron chi connectivity index (χ4n) is 2.25. The number of halogens is 1. The minimum atomic E-state index is -3.60. The molecule has 2 N–H and O–H groups in total. The maximum absolute atomic E-state index is 12.4. The lowest BCUT2D eigenvalue weighted by Crippen LogP contribution is -2.37. The van der Waals surface area contributed by atoms with Crippen LogP contribution in [0.3, 0.4) is 0 Å². The van der Waals surface area contributed by atoms with Gasteiger partial charge >= 0.3 is 0 Å². The van der Waals surface area contributed by atoms with Crippen LogP contribution in [0.4, 0.5) is 0 Å². The third kappa shape index (κ3) is 4.28. The molecule has 4 nitrogen and oxygen atoms in total. The molecule has 0 bridgehead atoms. The summed E-state index contributed by atoms with van der Waals surface area (Å²) in [4.78, 5) is 0.168. The van der Waals surface area contributed by atoms with Crippen LogP contribution < -0.4 is 4.72 Å². The Bertz CT molecular complexity index is 541. The molecule has 1 aromatic carbocycles. The molecule has 0 aliphatic heterocycles. The van der Waals surface area contributed by atoms with Gasteiger partial charge in [0, 0.05) is 10.5 Å². The van der Waals surface area contributed by atoms with E-state index in [0.29, 0.717) is 16.0 Å². The third-order valence-electron chi connectivity index (χ3n) is 3.56. The van der Waals surface area contributed by atoms with E-state index in [1.165, 1.54) is 6.07 Å². The Morgan fingerprint density at radius 2 is 1.90 bits per heavy atom. The highest BCUT2D eigenvalue weighted by atomic mass is 79.9. The number of nitrogens with one attached hydrogen (secondary N) is 1. The van der Waals surface area contributed by atoms with Crippen molar-refractivity contribution < 1.29 is 13.5 Å². The first kappa shape index (κ1) is 17.6. The van der Waals surface area contributed by atoms with Gasteiger partial charge in [-0.05, 0) is 46.5 Å². The van der Waals surface area contributed by atoms with E-state index in [1.807, 2.05) is 6.92 Å². The molecule has 0 radical (unpaired) electrons. The van der Waals surface area contributed by atoms with Gasteiger partial charge < -0.3 is 5.11 Å². The highest BCUT2D eigenvalue weighted by molar-refractivity contribution is 9.10. The third-order valence-corrected chi connectivity index (χ3v) is 6.12. The van der Waals surface area contributed by atoms with Crippen molar-refractivity contribution in [3.63, 3.8) is 0 Å². The fraction of sp³-hybridized carbons (Fsp3) is 0.571. The first-order valence-corrected chi connectivity index (χ1v) is 9.04. The molecule has 0 aliphatic carbocycles. The van der Waals surface area contributed by atoms with Crippen LogP contribution in [0.25, 0.3) is 0 Å². The first-order valence-electron chi connectivity index (χ1n) is 6.77. The number of hydrogen-bond donors (Lipinski definition) is 2. The minimum Gasteiger partial charge on any atom is -0.392 e. The van der Waals surface area contributed by atoms with Crippen molar-refractivity contribution in [2.75, 3.05) is 0 Å². The molecular weight excluding hydrogens is 342 g/mol. The van der Waals surface area contributed by atoms with E-state index in [0.717, 1.165) is 12.8 Å². The molecule has 0 saturated heterocycles. The van der Waals surface area contributed by atoms with Crippen LogP contribution in [0.5, 0.6) is 0 Å². The Kier molecular flexibility index (Phi) is 6.64. The van der Waals surface area contributed by atoms with Gasteiger partial charge in [0.25, 0.3) is 0 Å². The maximum atomic E-state index is 12.4. The Hall–Kier alpha value is -0.430. The predicted molar refractivity (Wildman–Crippen MR) is 83.9 cm³/mol. The van der Waals surface area contributed by atoms with Gasteiger partial charge in [-0.15, -0.1) is 0 Å². The second-order valence-electron chi connectivity index (χ2n) is 4.91. The molecule has 20 heavy (non-hydrogen) atoms. The molecule has 1 unspecified atom stereocenters. The van der Waals surface area contributed by atoms with E-state index in [9.17, 15) is 8.42 Å². The Balaban J connectivity index is 3.05. The number of aliphatic hydroxyl groups excluding tert-OH is 1. The summed E-state index contributed by atoms with van der Waals surface area (Å²) < 4.78 is 28.1. The molecule has 0 aromatic heterocycles. The topological polar surface area (TPSA) is 66.4 Å². The Labute approximate surface area is 129 Å². The van der Waals surface area contributed by atoms with E-state index < -0.39 is 10.0 Å². The predicted octanol–water partition coefficient (Wildman–Crippen LogP) is 3.04. The summed E-state index contributed by atoms with van der Waals surface area (Å²) in [6.07, 6.45) is 1.86. The number of benzene rings is 1. The van der Waals surface area contributed by atoms with E-state index in [2.05, 4.69) is 34.5 Å². The summed E-state index contributed by atoms with van der Waals surface area (Å²) in [7, 11) is -3.60. The van der Waals surface area contributed by atoms with Crippen molar-refractivity contribution >= 4 is 26.0 Å². The molecule has 1 rings (SSSR count). The highest BCUT2D eigenvalue weighted by Gasteiger charge is 2.23. The first-order chi connectivity index (χ1) is 9.35. The van der Waals surface area contributed by atoms with E-state index >= 15 is 0 Å². The monoisotopic (exact) mass is 363 g/mol. The molecule has 0 amide bonds. The molecule has 0 saturated carbocycles. The lowest BCUT2D eigenvalue weighted by atomic mass is 9.96. The van der Waals surface area contributed by atoms with Gasteiger partial charge in [-0.2, -0.15) is 0 Å². The number of aliphatic hydroxyl groups is 1. The normalized spacial score (nSPS) is 13.7. The SMILES string of the molecule is CCC(CC)C(C)NS(=O)(=O)c1cc(CO)ccc1Br. The zero-order chi connectivity index (χ0) is 15.3. The van der Waals surface area contributed by atoms with Gasteiger partial charge in [0.1, 0.15) is 0 Å². The molecule has 0 fully saturated rings. The highest BCUT2D eigenvalue weighted by Crippen LogP contribution is 2.24. The van der Waals surface area contributed by atoms with Crippen molar-refractivity contribution in [2.24, 2.45) is 5.92 Å². The largest absolute Gasteiger partial charge is 0.392 e. The molecule has 1 atom stereocenters. The number of sulfonamides is 1. The Morgan fingerprint density at radius 3 is 2.40 bits per heavy atom. The molecule has 114 valence electrons. The lowest BCUT2D eigenvalue weighted by molar-refractivity contribution is 0.281. The van der Waals surface area contributed by atoms with E-state index in [1.54, 1.807) is 12.1 Å². The molecule has 6 heteroatoms. The lowest BCUT2D eigenvalue weighted by Gasteiger charge is -2.22. The Morgan fingerprint density at radius 1 is 1.30 bits per heavy atom. The van der Waals surface area contributed by atoms with Crippen molar-refractivity contribution in [1.82, 2.24) is 4.72 Å². The molecular formula is C14H22BrNO3S. The van der Waals surface area contributed by atoms with Crippen LogP contribution in [0, 0.1) is 5.92 Å². The quantitative estimate of drug-likeness (QED) is 0.782. The standard InChI is InChI=1S/C14H22BrNO3S/c1-4-12(5-2)10(3)16-20(18,19)14-8-11(9-17)6-7-13(14)15/h6-8,10,12,16-17H,4-5,9H2,1-3H3. The van der Waals surface area contributed by atoms with Gasteiger partial charge in [-0.25, -0.2) is 13.1 Å². The van der Waals surface area contributed by atoms with Gasteiger partial charge in [-0.3, -0.25) is 0 Å². The number of hydrogen-bond acceptors (Lipinski definition) is 3. The van der Waals surface area contributed by atoms with Crippen molar-refractivity contribution in [1.29, 1.82) is 0 Å². The maximum Gasteiger partial charge on any atom is 0.241 e. The number of rotatable bonds is 7. The summed E-state index contributed by atoms with van der Waals surface area (Å²) >= 11 is 3.26. The fourth-order valence-corrected chi connectivity index (χ4v) is 4.58. The zero-order valence-electron chi connectivity index (χ0n) is 12.1. The second kappa shape index (κ2) is 7.54. The average Bonchev–Trinajstić information content (AvgIpc) is 2.39. The second-order valence-corrected chi connectivity index (χ2v) is 7.45. The van der Waals surface area contributed by atoms with Crippen LogP contribution in [0.2, 0.25) is 0 Å². The van der Waals surface area contributed by atoms with E-state index in [-0.39, 0.29) is 17.5 Å². The summed E-state index contributed by atoms with van der Waals surface area (Å²) in [6, 6.07) is 4.70. The van der Waals surface area contributed by atoms with Gasteiger partial charge in [-0.1, -0.05) is 32.8 Å². The van der Waals surface area contributed by atoms with Crippen molar-refractivity contribution in [3.8, 4) is 0 Å². The van der Waals surface area contributed by atoms with Gasteiger partial charge in [0.05, 0.1) is 11.5 Å². The minimum absolute atomic E-state index is 0.125. The molecule has 0 spiro atoms. The van der Waals surface area contributed by atoms with E-state index in [4.69, 9.17) is 5.11 Å². The van der Waals surface area contributed by atoms with Crippen LogP contribution in [-0.2, 0) is 16.6 Å². The molecule has 0 heterocycles. The van der Waals surface area contributed by atoms with Crippen molar-refractivity contribution in [3.05, 3.63) is 28.2 Å². The van der Waals surface area contributed by atoms with Crippen molar-refractivity contribution in [2.45, 2.75) is 51.2 Å². The summed E-state index contributed by atoms with van der Waals surface area (Å²) in [5, 5.41) is 9.13. The van der Waals surface area contributed by atoms with Crippen LogP contribution in [-0.4, -0.2) is 19.6 Å². The van der Waals surface area contributed by atoms with Crippen LogP contribution in [0.1, 0.15) is 39.2 Å². The van der Waals surface area contributed by atoms with Crippen LogP contribution in [0.15, 0.2) is 27.6 Å². The average molecular weight is 364 g/mol. The van der Waals surface area contributed by atoms with Gasteiger partial charge in [0.2, 0.25) is 10.0 Å².